The topological polar surface area (TPSA) is 93.8 Å². The number of hydrogen-bond donors (Lipinski definition) is 3. The van der Waals surface area contributed by atoms with Gasteiger partial charge in [-0.2, -0.15) is 0 Å². The van der Waals surface area contributed by atoms with Gasteiger partial charge in [0.25, 0.3) is 5.91 Å². The summed E-state index contributed by atoms with van der Waals surface area (Å²) in [5.74, 6) is 1.20. The maximum Gasteiger partial charge on any atom is 0.253 e. The molecular weight excluding hydrogens is 545 g/mol. The lowest BCUT2D eigenvalue weighted by atomic mass is 10.1. The number of benzene rings is 3. The Morgan fingerprint density at radius 3 is 2.35 bits per heavy atom. The molecule has 8 nitrogen and oxygen atoms in total. The summed E-state index contributed by atoms with van der Waals surface area (Å²) in [6.45, 7) is 0.380. The van der Waals surface area contributed by atoms with Crippen LogP contribution >= 0.6 is 15.9 Å². The number of halogens is 2. The van der Waals surface area contributed by atoms with Gasteiger partial charge < -0.3 is 34.6 Å². The third-order valence-electron chi connectivity index (χ3n) is 5.87. The van der Waals surface area contributed by atoms with Gasteiger partial charge in [0.2, 0.25) is 5.75 Å². The van der Waals surface area contributed by atoms with Gasteiger partial charge >= 0.3 is 0 Å². The number of hydrogen-bond acceptors (Lipinski definition) is 6. The molecule has 4 aromatic rings. The number of fused-ring (bicyclic) bond motifs is 1. The van der Waals surface area contributed by atoms with E-state index in [9.17, 15) is 9.18 Å². The summed E-state index contributed by atoms with van der Waals surface area (Å²) >= 11 is 3.60. The van der Waals surface area contributed by atoms with Crippen molar-refractivity contribution in [1.82, 2.24) is 10.3 Å². The molecular formula is C27H27BrFN3O5. The van der Waals surface area contributed by atoms with E-state index in [0.717, 1.165) is 26.7 Å². The molecule has 0 radical (unpaired) electrons. The first-order chi connectivity index (χ1) is 17.9. The van der Waals surface area contributed by atoms with Crippen LogP contribution in [0.2, 0.25) is 0 Å². The zero-order chi connectivity index (χ0) is 26.5. The first kappa shape index (κ1) is 26.2. The number of ether oxygens (including phenoxy) is 4. The van der Waals surface area contributed by atoms with Crippen molar-refractivity contribution in [2.45, 2.75) is 6.42 Å². The van der Waals surface area contributed by atoms with E-state index >= 15 is 0 Å². The first-order valence-electron chi connectivity index (χ1n) is 11.4. The van der Waals surface area contributed by atoms with Gasteiger partial charge in [-0.05, 0) is 52.2 Å². The fraction of sp³-hybridized carbons (Fsp3) is 0.222. The number of carbonyl (C=O) groups is 1. The SMILES string of the molecule is COc1cc(Br)c2c(CCNC(=O)c3ccc(F)cc3Nc3cc(OC)c(OC)c(OC)c3)c[nH]c2c1. The highest BCUT2D eigenvalue weighted by Crippen LogP contribution is 2.41. The molecule has 1 amide bonds. The lowest BCUT2D eigenvalue weighted by Gasteiger charge is -2.17. The Balaban J connectivity index is 1.52. The van der Waals surface area contributed by atoms with Crippen LogP contribution < -0.4 is 29.6 Å². The lowest BCUT2D eigenvalue weighted by molar-refractivity contribution is 0.0955. The molecule has 0 aliphatic carbocycles. The van der Waals surface area contributed by atoms with Crippen molar-refractivity contribution in [2.24, 2.45) is 0 Å². The van der Waals surface area contributed by atoms with Gasteiger partial charge in [-0.15, -0.1) is 0 Å². The van der Waals surface area contributed by atoms with Crippen LogP contribution in [-0.4, -0.2) is 45.9 Å². The molecule has 0 bridgehead atoms. The second-order valence-corrected chi connectivity index (χ2v) is 8.93. The largest absolute Gasteiger partial charge is 0.497 e. The van der Waals surface area contributed by atoms with E-state index in [4.69, 9.17) is 18.9 Å². The highest BCUT2D eigenvalue weighted by atomic mass is 79.9. The molecule has 10 heteroatoms. The number of H-pyrrole nitrogens is 1. The maximum absolute atomic E-state index is 14.1. The smallest absolute Gasteiger partial charge is 0.253 e. The molecule has 1 aromatic heterocycles. The molecule has 3 N–H and O–H groups in total. The van der Waals surface area contributed by atoms with E-state index in [0.29, 0.717) is 47.2 Å². The number of aromatic amines is 1. The molecule has 0 aliphatic rings. The Hall–Kier alpha value is -3.92. The van der Waals surface area contributed by atoms with E-state index < -0.39 is 5.82 Å². The maximum atomic E-state index is 14.1. The highest BCUT2D eigenvalue weighted by Gasteiger charge is 2.17. The number of nitrogens with one attached hydrogen (secondary N) is 3. The fourth-order valence-corrected chi connectivity index (χ4v) is 4.80. The summed E-state index contributed by atoms with van der Waals surface area (Å²) in [6.07, 6.45) is 2.50. The average molecular weight is 572 g/mol. The van der Waals surface area contributed by atoms with Gasteiger partial charge in [-0.1, -0.05) is 0 Å². The third-order valence-corrected chi connectivity index (χ3v) is 6.50. The van der Waals surface area contributed by atoms with Crippen molar-refractivity contribution in [1.29, 1.82) is 0 Å². The number of anilines is 2. The minimum atomic E-state index is -0.481. The van der Waals surface area contributed by atoms with Crippen LogP contribution in [0.3, 0.4) is 0 Å². The molecule has 0 atom stereocenters. The first-order valence-corrected chi connectivity index (χ1v) is 12.2. The molecule has 0 aliphatic heterocycles. The van der Waals surface area contributed by atoms with Crippen LogP contribution in [-0.2, 0) is 6.42 Å². The normalized spacial score (nSPS) is 10.8. The van der Waals surface area contributed by atoms with E-state index in [1.807, 2.05) is 18.3 Å². The number of carbonyl (C=O) groups excluding carboxylic acids is 1. The fourth-order valence-electron chi connectivity index (χ4n) is 4.11. The van der Waals surface area contributed by atoms with Crippen LogP contribution in [0.4, 0.5) is 15.8 Å². The molecule has 1 heterocycles. The van der Waals surface area contributed by atoms with Crippen molar-refractivity contribution in [3.63, 3.8) is 0 Å². The van der Waals surface area contributed by atoms with E-state index in [2.05, 4.69) is 31.5 Å². The van der Waals surface area contributed by atoms with Crippen LogP contribution in [0, 0.1) is 5.82 Å². The van der Waals surface area contributed by atoms with Crippen molar-refractivity contribution in [2.75, 3.05) is 40.3 Å². The summed E-state index contributed by atoms with van der Waals surface area (Å²) in [5.41, 5.74) is 3.10. The second-order valence-electron chi connectivity index (χ2n) is 8.08. The zero-order valence-corrected chi connectivity index (χ0v) is 22.4. The Morgan fingerprint density at radius 2 is 1.70 bits per heavy atom. The van der Waals surface area contributed by atoms with Crippen molar-refractivity contribution >= 4 is 44.1 Å². The molecule has 0 unspecified atom stereocenters. The van der Waals surface area contributed by atoms with Gasteiger partial charge in [0.05, 0.1) is 45.2 Å². The van der Waals surface area contributed by atoms with Crippen molar-refractivity contribution in [3.05, 3.63) is 70.1 Å². The molecule has 194 valence electrons. The Morgan fingerprint density at radius 1 is 0.973 bits per heavy atom. The number of amides is 1. The summed E-state index contributed by atoms with van der Waals surface area (Å²) in [4.78, 5) is 16.3. The monoisotopic (exact) mass is 571 g/mol. The van der Waals surface area contributed by atoms with Crippen LogP contribution in [0.1, 0.15) is 15.9 Å². The number of methoxy groups -OCH3 is 4. The minimum Gasteiger partial charge on any atom is -0.497 e. The van der Waals surface area contributed by atoms with Gasteiger partial charge in [0, 0.05) is 46.5 Å². The summed E-state index contributed by atoms with van der Waals surface area (Å²) < 4.78 is 36.5. The van der Waals surface area contributed by atoms with Gasteiger partial charge in [0.15, 0.2) is 11.5 Å². The van der Waals surface area contributed by atoms with Gasteiger partial charge in [-0.3, -0.25) is 4.79 Å². The van der Waals surface area contributed by atoms with Crippen LogP contribution in [0.25, 0.3) is 10.9 Å². The third kappa shape index (κ3) is 5.59. The average Bonchev–Trinajstić information content (AvgIpc) is 3.31. The van der Waals surface area contributed by atoms with Crippen LogP contribution in [0.5, 0.6) is 23.0 Å². The van der Waals surface area contributed by atoms with Gasteiger partial charge in [0.1, 0.15) is 11.6 Å². The van der Waals surface area contributed by atoms with E-state index in [-0.39, 0.29) is 5.91 Å². The van der Waals surface area contributed by atoms with Crippen molar-refractivity contribution < 1.29 is 28.1 Å². The zero-order valence-electron chi connectivity index (χ0n) is 20.8. The number of rotatable bonds is 10. The van der Waals surface area contributed by atoms with Crippen LogP contribution in [0.15, 0.2) is 53.1 Å². The molecule has 0 fully saturated rings. The number of aromatic nitrogens is 1. The summed E-state index contributed by atoms with van der Waals surface area (Å²) in [5, 5.41) is 7.06. The summed E-state index contributed by atoms with van der Waals surface area (Å²) in [6, 6.07) is 11.1. The molecule has 0 spiro atoms. The predicted molar refractivity (Wildman–Crippen MR) is 144 cm³/mol. The molecule has 37 heavy (non-hydrogen) atoms. The predicted octanol–water partition coefficient (Wildman–Crippen LogP) is 5.82. The molecule has 4 rings (SSSR count). The minimum absolute atomic E-state index is 0.292. The molecule has 0 saturated carbocycles. The Bertz CT molecular complexity index is 1410. The van der Waals surface area contributed by atoms with Gasteiger partial charge in [-0.25, -0.2) is 4.39 Å². The summed E-state index contributed by atoms with van der Waals surface area (Å²) in [7, 11) is 6.14. The second kappa shape index (κ2) is 11.4. The van der Waals surface area contributed by atoms with E-state index in [1.165, 1.54) is 39.5 Å². The molecule has 0 saturated heterocycles. The van der Waals surface area contributed by atoms with E-state index in [1.54, 1.807) is 19.2 Å². The standard InChI is InChI=1S/C27H27BrFN3O5/c1-34-18-12-20(28)25-15(14-31-22(25)13-18)7-8-30-27(33)19-6-5-16(29)9-21(19)32-17-10-23(35-2)26(37-4)24(11-17)36-3/h5-6,9-14,31-32H,7-8H2,1-4H3,(H,30,33). The Kier molecular flexibility index (Phi) is 8.08. The highest BCUT2D eigenvalue weighted by molar-refractivity contribution is 9.10. The lowest BCUT2D eigenvalue weighted by Crippen LogP contribution is -2.26. The molecule has 3 aromatic carbocycles. The quantitative estimate of drug-likeness (QED) is 0.222. The van der Waals surface area contributed by atoms with Crippen molar-refractivity contribution in [3.8, 4) is 23.0 Å². The Labute approximate surface area is 222 Å².